The average molecular weight is 377 g/mol. The van der Waals surface area contributed by atoms with Crippen LogP contribution in [-0.4, -0.2) is 16.9 Å². The first-order valence-electron chi connectivity index (χ1n) is 8.97. The van der Waals surface area contributed by atoms with Crippen molar-refractivity contribution < 1.29 is 13.6 Å². The Morgan fingerprint density at radius 1 is 1.19 bits per heavy atom. The van der Waals surface area contributed by atoms with E-state index in [-0.39, 0.29) is 17.6 Å². The van der Waals surface area contributed by atoms with Crippen molar-refractivity contribution in [3.8, 4) is 0 Å². The smallest absolute Gasteiger partial charge is 0.271 e. The lowest BCUT2D eigenvalue weighted by atomic mass is 9.63. The summed E-state index contributed by atoms with van der Waals surface area (Å²) in [6, 6.07) is 3.44. The number of nitrogens with zero attached hydrogens (tertiary/aromatic N) is 1. The van der Waals surface area contributed by atoms with Crippen molar-refractivity contribution in [3.63, 3.8) is 0 Å². The number of carbonyl (C=O) groups excluding carboxylic acids is 1. The standard InChI is InChI=1S/C19H21F2N3OS/c1-11-16(17(25)23-15-4-7-19(15)5-2-3-6-19)24-18(26-11)22-14-9-12(20)8-13(21)10-14/h8-10,15H,2-7H2,1H3,(H,22,24)(H,23,25)/t15-/m0/s1. The van der Waals surface area contributed by atoms with Crippen LogP contribution in [0.25, 0.3) is 0 Å². The molecular weight excluding hydrogens is 356 g/mol. The second kappa shape index (κ2) is 6.61. The van der Waals surface area contributed by atoms with Crippen molar-refractivity contribution in [2.45, 2.75) is 51.5 Å². The molecule has 1 amide bonds. The molecule has 4 rings (SSSR count). The van der Waals surface area contributed by atoms with Gasteiger partial charge in [-0.25, -0.2) is 13.8 Å². The molecule has 2 saturated carbocycles. The minimum Gasteiger partial charge on any atom is -0.347 e. The number of hydrogen-bond donors (Lipinski definition) is 2. The molecule has 0 saturated heterocycles. The molecule has 1 aromatic heterocycles. The number of halogens is 2. The third-order valence-corrected chi connectivity index (χ3v) is 6.59. The van der Waals surface area contributed by atoms with Gasteiger partial charge in [-0.15, -0.1) is 11.3 Å². The number of aryl methyl sites for hydroxylation is 1. The molecule has 0 unspecified atom stereocenters. The van der Waals surface area contributed by atoms with Crippen LogP contribution in [-0.2, 0) is 0 Å². The van der Waals surface area contributed by atoms with Crippen LogP contribution >= 0.6 is 11.3 Å². The lowest BCUT2D eigenvalue weighted by Gasteiger charge is -2.47. The third-order valence-electron chi connectivity index (χ3n) is 5.70. The van der Waals surface area contributed by atoms with E-state index < -0.39 is 11.6 Å². The van der Waals surface area contributed by atoms with Gasteiger partial charge < -0.3 is 10.6 Å². The molecule has 2 aliphatic rings. The summed E-state index contributed by atoms with van der Waals surface area (Å²) in [7, 11) is 0. The van der Waals surface area contributed by atoms with E-state index in [1.54, 1.807) is 0 Å². The van der Waals surface area contributed by atoms with E-state index in [0.29, 0.717) is 16.2 Å². The van der Waals surface area contributed by atoms with Gasteiger partial charge in [-0.2, -0.15) is 0 Å². The fourth-order valence-electron chi connectivity index (χ4n) is 4.24. The van der Waals surface area contributed by atoms with Gasteiger partial charge in [0.15, 0.2) is 5.13 Å². The highest BCUT2D eigenvalue weighted by Gasteiger charge is 2.48. The van der Waals surface area contributed by atoms with Gasteiger partial charge in [0.05, 0.1) is 0 Å². The largest absolute Gasteiger partial charge is 0.347 e. The van der Waals surface area contributed by atoms with Crippen LogP contribution < -0.4 is 10.6 Å². The fourth-order valence-corrected chi connectivity index (χ4v) is 5.07. The number of anilines is 2. The number of amides is 1. The molecule has 0 bridgehead atoms. The minimum absolute atomic E-state index is 0.159. The van der Waals surface area contributed by atoms with Gasteiger partial charge >= 0.3 is 0 Å². The Morgan fingerprint density at radius 3 is 2.50 bits per heavy atom. The summed E-state index contributed by atoms with van der Waals surface area (Å²) in [5.41, 5.74) is 0.960. The fraction of sp³-hybridized carbons (Fsp3) is 0.474. The molecule has 4 nitrogen and oxygen atoms in total. The van der Waals surface area contributed by atoms with E-state index in [0.717, 1.165) is 17.4 Å². The van der Waals surface area contributed by atoms with Gasteiger partial charge in [-0.1, -0.05) is 12.8 Å². The van der Waals surface area contributed by atoms with Crippen LogP contribution in [0, 0.1) is 24.0 Å². The highest BCUT2D eigenvalue weighted by molar-refractivity contribution is 7.15. The van der Waals surface area contributed by atoms with E-state index in [1.165, 1.54) is 55.6 Å². The first kappa shape index (κ1) is 17.4. The quantitative estimate of drug-likeness (QED) is 0.795. The highest BCUT2D eigenvalue weighted by Crippen LogP contribution is 2.53. The minimum atomic E-state index is -0.661. The summed E-state index contributed by atoms with van der Waals surface area (Å²) < 4.78 is 26.6. The lowest BCUT2D eigenvalue weighted by molar-refractivity contribution is 0.0579. The summed E-state index contributed by atoms with van der Waals surface area (Å²) in [5, 5.41) is 6.48. The van der Waals surface area contributed by atoms with Crippen LogP contribution in [0.2, 0.25) is 0 Å². The molecule has 1 atom stereocenters. The van der Waals surface area contributed by atoms with Crippen molar-refractivity contribution >= 4 is 28.1 Å². The van der Waals surface area contributed by atoms with Crippen molar-refractivity contribution in [2.75, 3.05) is 5.32 Å². The zero-order chi connectivity index (χ0) is 18.3. The molecule has 2 N–H and O–H groups in total. The maximum absolute atomic E-state index is 13.3. The number of hydrogen-bond acceptors (Lipinski definition) is 4. The maximum Gasteiger partial charge on any atom is 0.271 e. The van der Waals surface area contributed by atoms with Crippen molar-refractivity contribution in [2.24, 2.45) is 5.41 Å². The van der Waals surface area contributed by atoms with Crippen molar-refractivity contribution in [1.29, 1.82) is 0 Å². The Hall–Kier alpha value is -2.02. The number of thiazole rings is 1. The van der Waals surface area contributed by atoms with Crippen molar-refractivity contribution in [3.05, 3.63) is 40.4 Å². The monoisotopic (exact) mass is 377 g/mol. The molecule has 1 heterocycles. The number of benzene rings is 1. The molecule has 26 heavy (non-hydrogen) atoms. The second-order valence-corrected chi connectivity index (χ2v) is 8.54. The lowest BCUT2D eigenvalue weighted by Crippen LogP contribution is -2.54. The maximum atomic E-state index is 13.3. The van der Waals surface area contributed by atoms with Gasteiger partial charge in [0.1, 0.15) is 17.3 Å². The van der Waals surface area contributed by atoms with Crippen LogP contribution in [0.15, 0.2) is 18.2 Å². The summed E-state index contributed by atoms with van der Waals surface area (Å²) >= 11 is 1.30. The molecule has 2 fully saturated rings. The predicted molar refractivity (Wildman–Crippen MR) is 97.9 cm³/mol. The predicted octanol–water partition coefficient (Wildman–Crippen LogP) is 4.93. The van der Waals surface area contributed by atoms with Crippen molar-refractivity contribution in [1.82, 2.24) is 10.3 Å². The Balaban J connectivity index is 1.46. The van der Waals surface area contributed by atoms with Gasteiger partial charge in [0.25, 0.3) is 5.91 Å². The van der Waals surface area contributed by atoms with E-state index >= 15 is 0 Å². The van der Waals surface area contributed by atoms with Gasteiger partial charge in [0, 0.05) is 22.7 Å². The Kier molecular flexibility index (Phi) is 4.42. The zero-order valence-electron chi connectivity index (χ0n) is 14.6. The molecule has 2 aromatic rings. The molecule has 1 spiro atoms. The SMILES string of the molecule is Cc1sc(Nc2cc(F)cc(F)c2)nc1C(=O)N[C@H]1CCC12CCCC2. The summed E-state index contributed by atoms with van der Waals surface area (Å²) in [6.45, 7) is 1.83. The molecule has 7 heteroatoms. The topological polar surface area (TPSA) is 54.0 Å². The molecule has 1 aromatic carbocycles. The number of rotatable bonds is 4. The van der Waals surface area contributed by atoms with Gasteiger partial charge in [-0.3, -0.25) is 4.79 Å². The normalized spacial score (nSPS) is 20.8. The summed E-state index contributed by atoms with van der Waals surface area (Å²) in [5.74, 6) is -1.48. The first-order valence-corrected chi connectivity index (χ1v) is 9.78. The van der Waals surface area contributed by atoms with Crippen LogP contribution in [0.1, 0.15) is 53.9 Å². The highest BCUT2D eigenvalue weighted by atomic mass is 32.1. The Morgan fingerprint density at radius 2 is 1.88 bits per heavy atom. The molecule has 0 radical (unpaired) electrons. The van der Waals surface area contributed by atoms with E-state index in [2.05, 4.69) is 15.6 Å². The zero-order valence-corrected chi connectivity index (χ0v) is 15.4. The van der Waals surface area contributed by atoms with E-state index in [9.17, 15) is 13.6 Å². The third kappa shape index (κ3) is 3.20. The second-order valence-electron chi connectivity index (χ2n) is 7.34. The Labute approximate surface area is 155 Å². The van der Waals surface area contributed by atoms with E-state index in [4.69, 9.17) is 0 Å². The number of nitrogens with one attached hydrogen (secondary N) is 2. The average Bonchev–Trinajstić information content (AvgIpc) is 3.19. The van der Waals surface area contributed by atoms with Crippen LogP contribution in [0.3, 0.4) is 0 Å². The molecule has 138 valence electrons. The molecular formula is C19H21F2N3OS. The first-order chi connectivity index (χ1) is 12.4. The summed E-state index contributed by atoms with van der Waals surface area (Å²) in [4.78, 5) is 17.8. The summed E-state index contributed by atoms with van der Waals surface area (Å²) in [6.07, 6.45) is 7.13. The number of aromatic nitrogens is 1. The van der Waals surface area contributed by atoms with Gasteiger partial charge in [-0.05, 0) is 50.2 Å². The Bertz CT molecular complexity index is 825. The number of carbonyl (C=O) groups is 1. The molecule has 2 aliphatic carbocycles. The van der Waals surface area contributed by atoms with Gasteiger partial charge in [0.2, 0.25) is 0 Å². The van der Waals surface area contributed by atoms with Crippen LogP contribution in [0.4, 0.5) is 19.6 Å². The molecule has 0 aliphatic heterocycles. The van der Waals surface area contributed by atoms with E-state index in [1.807, 2.05) is 6.92 Å². The van der Waals surface area contributed by atoms with Crippen LogP contribution in [0.5, 0.6) is 0 Å².